The van der Waals surface area contributed by atoms with Crippen molar-refractivity contribution < 1.29 is 18.3 Å². The Bertz CT molecular complexity index is 678. The maximum atomic E-state index is 13.2. The van der Waals surface area contributed by atoms with Crippen molar-refractivity contribution in [3.63, 3.8) is 0 Å². The van der Waals surface area contributed by atoms with Gasteiger partial charge in [-0.2, -0.15) is 0 Å². The number of hydrogen-bond donors (Lipinski definition) is 0. The van der Waals surface area contributed by atoms with Crippen molar-refractivity contribution in [2.75, 3.05) is 0 Å². The zero-order valence-electron chi connectivity index (χ0n) is 11.0. The second kappa shape index (κ2) is 5.50. The van der Waals surface area contributed by atoms with E-state index in [1.54, 1.807) is 23.9 Å². The van der Waals surface area contributed by atoms with Crippen LogP contribution in [-0.4, -0.2) is 6.29 Å². The molecule has 3 rings (SSSR count). The van der Waals surface area contributed by atoms with Crippen molar-refractivity contribution in [2.45, 2.75) is 23.4 Å². The van der Waals surface area contributed by atoms with Crippen LogP contribution in [0.5, 0.6) is 11.5 Å². The molecule has 2 aromatic rings. The number of halogens is 3. The molecular weight excluding hydrogens is 362 g/mol. The quantitative estimate of drug-likeness (QED) is 0.651. The van der Waals surface area contributed by atoms with Crippen LogP contribution in [0.1, 0.15) is 17.7 Å². The highest BCUT2D eigenvalue weighted by molar-refractivity contribution is 9.10. The molecule has 110 valence electrons. The molecule has 1 heterocycles. The van der Waals surface area contributed by atoms with Gasteiger partial charge in [-0.15, -0.1) is 20.5 Å². The maximum Gasteiger partial charge on any atom is 0.586 e. The van der Waals surface area contributed by atoms with Gasteiger partial charge in [0.25, 0.3) is 0 Å². The van der Waals surface area contributed by atoms with E-state index in [0.29, 0.717) is 5.56 Å². The van der Waals surface area contributed by atoms with Crippen LogP contribution in [0, 0.1) is 0 Å². The predicted molar refractivity (Wildman–Crippen MR) is 81.1 cm³/mol. The molecule has 0 bridgehead atoms. The van der Waals surface area contributed by atoms with Crippen molar-refractivity contribution in [1.29, 1.82) is 0 Å². The second-order valence-electron chi connectivity index (χ2n) is 4.56. The van der Waals surface area contributed by atoms with E-state index in [4.69, 9.17) is 0 Å². The lowest BCUT2D eigenvalue weighted by molar-refractivity contribution is -0.286. The van der Waals surface area contributed by atoms with E-state index in [1.165, 1.54) is 6.07 Å². The van der Waals surface area contributed by atoms with E-state index < -0.39 is 6.29 Å². The molecule has 0 N–H and O–H groups in total. The summed E-state index contributed by atoms with van der Waals surface area (Å²) in [5, 5.41) is -0.0493. The van der Waals surface area contributed by atoms with Gasteiger partial charge in [0, 0.05) is 20.2 Å². The largest absolute Gasteiger partial charge is 0.586 e. The van der Waals surface area contributed by atoms with Gasteiger partial charge in [-0.05, 0) is 31.2 Å². The number of para-hydroxylation sites is 1. The number of ether oxygens (including phenoxy) is 2. The summed E-state index contributed by atoms with van der Waals surface area (Å²) in [6.07, 6.45) is -3.58. The van der Waals surface area contributed by atoms with Gasteiger partial charge < -0.3 is 9.47 Å². The molecular formula is C15H11BrF2O2S. The van der Waals surface area contributed by atoms with Crippen LogP contribution in [0.15, 0.2) is 51.8 Å². The first kappa shape index (κ1) is 14.7. The van der Waals surface area contributed by atoms with Gasteiger partial charge in [0.05, 0.1) is 0 Å². The second-order valence-corrected chi connectivity index (χ2v) is 6.89. The minimum absolute atomic E-state index is 0.0493. The summed E-state index contributed by atoms with van der Waals surface area (Å²) in [5.74, 6) is 0.205. The highest BCUT2D eigenvalue weighted by atomic mass is 79.9. The van der Waals surface area contributed by atoms with Crippen LogP contribution in [0.3, 0.4) is 0 Å². The van der Waals surface area contributed by atoms with E-state index >= 15 is 0 Å². The molecule has 1 unspecified atom stereocenters. The number of alkyl halides is 2. The Hall–Kier alpha value is -1.27. The third-order valence-corrected chi connectivity index (χ3v) is 4.63. The highest BCUT2D eigenvalue weighted by Gasteiger charge is 2.44. The van der Waals surface area contributed by atoms with Crippen molar-refractivity contribution in [3.8, 4) is 11.5 Å². The van der Waals surface area contributed by atoms with Crippen molar-refractivity contribution >= 4 is 27.7 Å². The van der Waals surface area contributed by atoms with Gasteiger partial charge in [-0.3, -0.25) is 0 Å². The summed E-state index contributed by atoms with van der Waals surface area (Å²) in [4.78, 5) is 1.04. The number of benzene rings is 2. The molecule has 0 amide bonds. The van der Waals surface area contributed by atoms with Crippen molar-refractivity contribution in [2.24, 2.45) is 0 Å². The van der Waals surface area contributed by atoms with Gasteiger partial charge in [-0.1, -0.05) is 34.1 Å². The minimum Gasteiger partial charge on any atom is -0.395 e. The predicted octanol–water partition coefficient (Wildman–Crippen LogP) is 5.62. The highest BCUT2D eigenvalue weighted by Crippen LogP contribution is 2.48. The Morgan fingerprint density at radius 2 is 1.90 bits per heavy atom. The van der Waals surface area contributed by atoms with E-state index in [0.717, 1.165) is 9.37 Å². The Morgan fingerprint density at radius 1 is 1.14 bits per heavy atom. The third-order valence-electron chi connectivity index (χ3n) is 3.01. The van der Waals surface area contributed by atoms with E-state index in [-0.39, 0.29) is 16.7 Å². The lowest BCUT2D eigenvalue weighted by Crippen LogP contribution is -2.26. The zero-order valence-corrected chi connectivity index (χ0v) is 13.4. The molecule has 1 aliphatic rings. The first-order valence-electron chi connectivity index (χ1n) is 6.25. The molecule has 0 radical (unpaired) electrons. The average molecular weight is 373 g/mol. The summed E-state index contributed by atoms with van der Waals surface area (Å²) in [6.45, 7) is 1.95. The molecule has 1 aliphatic heterocycles. The molecule has 21 heavy (non-hydrogen) atoms. The smallest absolute Gasteiger partial charge is 0.395 e. The van der Waals surface area contributed by atoms with E-state index in [1.807, 2.05) is 31.2 Å². The van der Waals surface area contributed by atoms with Crippen LogP contribution in [0.25, 0.3) is 0 Å². The number of thioether (sulfide) groups is 1. The maximum absolute atomic E-state index is 13.2. The molecule has 0 aliphatic carbocycles. The third kappa shape index (κ3) is 3.16. The molecule has 0 saturated heterocycles. The number of fused-ring (bicyclic) bond motifs is 1. The topological polar surface area (TPSA) is 18.5 Å². The summed E-state index contributed by atoms with van der Waals surface area (Å²) >= 11 is 4.98. The Labute approximate surface area is 133 Å². The molecule has 0 fully saturated rings. The molecule has 0 saturated carbocycles. The molecule has 0 aromatic heterocycles. The molecule has 6 heteroatoms. The summed E-state index contributed by atoms with van der Waals surface area (Å²) in [5.41, 5.74) is 0.689. The van der Waals surface area contributed by atoms with Crippen LogP contribution < -0.4 is 9.47 Å². The summed E-state index contributed by atoms with van der Waals surface area (Å²) < 4.78 is 36.5. The molecule has 2 nitrogen and oxygen atoms in total. The first-order chi connectivity index (χ1) is 9.94. The van der Waals surface area contributed by atoms with Gasteiger partial charge in [-0.25, -0.2) is 0 Å². The zero-order chi connectivity index (χ0) is 15.0. The van der Waals surface area contributed by atoms with Crippen LogP contribution in [-0.2, 0) is 0 Å². The normalized spacial score (nSPS) is 16.8. The van der Waals surface area contributed by atoms with E-state index in [9.17, 15) is 8.78 Å². The van der Waals surface area contributed by atoms with Gasteiger partial charge in [0.2, 0.25) is 0 Å². The van der Waals surface area contributed by atoms with Crippen molar-refractivity contribution in [1.82, 2.24) is 0 Å². The van der Waals surface area contributed by atoms with Gasteiger partial charge >= 0.3 is 6.29 Å². The fourth-order valence-electron chi connectivity index (χ4n) is 2.12. The average Bonchev–Trinajstić information content (AvgIpc) is 2.72. The number of rotatable bonds is 3. The van der Waals surface area contributed by atoms with Crippen LogP contribution in [0.2, 0.25) is 0 Å². The fraction of sp³-hybridized carbons (Fsp3) is 0.200. The Balaban J connectivity index is 1.87. The summed E-state index contributed by atoms with van der Waals surface area (Å²) in [6, 6.07) is 12.8. The molecule has 2 aromatic carbocycles. The Morgan fingerprint density at radius 3 is 2.67 bits per heavy atom. The number of hydrogen-bond acceptors (Lipinski definition) is 3. The lowest BCUT2D eigenvalue weighted by atomic mass is 10.1. The standard InChI is InChI=1S/C15H11BrF2O2S/c1-9(21-11-5-2-4-10(16)8-11)12-6-3-7-13-14(12)20-15(17,18)19-13/h2-9H,1H3. The summed E-state index contributed by atoms with van der Waals surface area (Å²) in [7, 11) is 0. The van der Waals surface area contributed by atoms with Crippen LogP contribution >= 0.6 is 27.7 Å². The van der Waals surface area contributed by atoms with Crippen molar-refractivity contribution in [3.05, 3.63) is 52.5 Å². The lowest BCUT2D eigenvalue weighted by Gasteiger charge is -2.14. The Kier molecular flexibility index (Phi) is 3.84. The first-order valence-corrected chi connectivity index (χ1v) is 7.93. The molecule has 1 atom stereocenters. The van der Waals surface area contributed by atoms with Crippen LogP contribution in [0.4, 0.5) is 8.78 Å². The van der Waals surface area contributed by atoms with Gasteiger partial charge in [0.15, 0.2) is 11.5 Å². The van der Waals surface area contributed by atoms with E-state index in [2.05, 4.69) is 25.4 Å². The SMILES string of the molecule is CC(Sc1cccc(Br)c1)c1cccc2c1OC(F)(F)O2. The monoisotopic (exact) mass is 372 g/mol. The molecule has 0 spiro atoms. The van der Waals surface area contributed by atoms with Gasteiger partial charge in [0.1, 0.15) is 0 Å². The minimum atomic E-state index is -3.58. The fourth-order valence-corrected chi connectivity index (χ4v) is 3.74.